The predicted molar refractivity (Wildman–Crippen MR) is 69.3 cm³/mol. The van der Waals surface area contributed by atoms with Gasteiger partial charge in [0.25, 0.3) is 0 Å². The summed E-state index contributed by atoms with van der Waals surface area (Å²) in [4.78, 5) is 25.2. The minimum absolute atomic E-state index is 0.128. The van der Waals surface area contributed by atoms with E-state index in [0.29, 0.717) is 19.6 Å². The molecular formula is C12H19N5O2. The molecule has 1 aliphatic heterocycles. The fourth-order valence-electron chi connectivity index (χ4n) is 2.31. The van der Waals surface area contributed by atoms with E-state index in [1.165, 1.54) is 4.90 Å². The van der Waals surface area contributed by atoms with Crippen LogP contribution in [0.5, 0.6) is 0 Å². The first kappa shape index (κ1) is 13.5. The van der Waals surface area contributed by atoms with Gasteiger partial charge in [0.2, 0.25) is 11.8 Å². The zero-order valence-corrected chi connectivity index (χ0v) is 11.2. The Labute approximate surface area is 111 Å². The Hall–Kier alpha value is -1.89. The monoisotopic (exact) mass is 265 g/mol. The van der Waals surface area contributed by atoms with Crippen molar-refractivity contribution in [2.45, 2.75) is 26.4 Å². The summed E-state index contributed by atoms with van der Waals surface area (Å²) in [7, 11) is 0. The molecule has 3 N–H and O–H groups in total. The van der Waals surface area contributed by atoms with Crippen molar-refractivity contribution < 1.29 is 9.59 Å². The fourth-order valence-corrected chi connectivity index (χ4v) is 2.31. The number of nitrogens with one attached hydrogen (secondary N) is 1. The van der Waals surface area contributed by atoms with Crippen LogP contribution >= 0.6 is 0 Å². The highest BCUT2D eigenvalue weighted by Crippen LogP contribution is 2.07. The number of nitrogens with zero attached hydrogens (tertiary/aromatic N) is 3. The maximum atomic E-state index is 12.3. The molecule has 1 aliphatic rings. The second-order valence-electron chi connectivity index (χ2n) is 4.79. The van der Waals surface area contributed by atoms with Crippen LogP contribution in [0.3, 0.4) is 0 Å². The van der Waals surface area contributed by atoms with Crippen molar-refractivity contribution in [2.75, 3.05) is 19.6 Å². The van der Waals surface area contributed by atoms with Gasteiger partial charge in [-0.25, -0.2) is 0 Å². The number of amides is 2. The van der Waals surface area contributed by atoms with Crippen molar-refractivity contribution in [2.24, 2.45) is 5.73 Å². The maximum absolute atomic E-state index is 12.3. The molecule has 19 heavy (non-hydrogen) atoms. The third-order valence-corrected chi connectivity index (χ3v) is 3.28. The Kier molecular flexibility index (Phi) is 3.84. The quantitative estimate of drug-likeness (QED) is 0.717. The molecular weight excluding hydrogens is 246 g/mol. The highest BCUT2D eigenvalue weighted by molar-refractivity contribution is 5.87. The van der Waals surface area contributed by atoms with Crippen LogP contribution in [0.15, 0.2) is 6.07 Å². The minimum Gasteiger partial charge on any atom is -0.368 e. The first-order valence-electron chi connectivity index (χ1n) is 6.29. The summed E-state index contributed by atoms with van der Waals surface area (Å²) in [6, 6.07) is 1.34. The number of aryl methyl sites for hydroxylation is 2. The predicted octanol–water partition coefficient (Wildman–Crippen LogP) is -1.21. The lowest BCUT2D eigenvalue weighted by atomic mass is 10.2. The van der Waals surface area contributed by atoms with Gasteiger partial charge in [-0.15, -0.1) is 0 Å². The Balaban J connectivity index is 2.09. The van der Waals surface area contributed by atoms with Crippen LogP contribution in [0.25, 0.3) is 0 Å². The first-order chi connectivity index (χ1) is 8.99. The second-order valence-corrected chi connectivity index (χ2v) is 4.79. The van der Waals surface area contributed by atoms with Gasteiger partial charge in [0.1, 0.15) is 12.6 Å². The summed E-state index contributed by atoms with van der Waals surface area (Å²) in [5.74, 6) is -0.606. The normalized spacial score (nSPS) is 19.5. The average Bonchev–Trinajstić information content (AvgIpc) is 2.67. The third-order valence-electron chi connectivity index (χ3n) is 3.28. The van der Waals surface area contributed by atoms with Crippen molar-refractivity contribution in [1.29, 1.82) is 0 Å². The molecule has 7 nitrogen and oxygen atoms in total. The van der Waals surface area contributed by atoms with Crippen molar-refractivity contribution in [3.8, 4) is 0 Å². The molecule has 2 rings (SSSR count). The van der Waals surface area contributed by atoms with Gasteiger partial charge in [0.15, 0.2) is 0 Å². The first-order valence-corrected chi connectivity index (χ1v) is 6.29. The largest absolute Gasteiger partial charge is 0.368 e. The molecule has 1 fully saturated rings. The van der Waals surface area contributed by atoms with E-state index in [1.54, 1.807) is 4.68 Å². The molecule has 1 unspecified atom stereocenters. The zero-order chi connectivity index (χ0) is 14.0. The number of hydrogen-bond acceptors (Lipinski definition) is 4. The molecule has 7 heteroatoms. The van der Waals surface area contributed by atoms with Gasteiger partial charge in [-0.3, -0.25) is 14.3 Å². The van der Waals surface area contributed by atoms with Crippen LogP contribution in [0.2, 0.25) is 0 Å². The van der Waals surface area contributed by atoms with E-state index in [4.69, 9.17) is 5.73 Å². The smallest absolute Gasteiger partial charge is 0.245 e. The van der Waals surface area contributed by atoms with Crippen LogP contribution in [0.1, 0.15) is 11.4 Å². The number of carbonyl (C=O) groups excluding carboxylic acids is 2. The summed E-state index contributed by atoms with van der Waals surface area (Å²) >= 11 is 0. The summed E-state index contributed by atoms with van der Waals surface area (Å²) in [5, 5.41) is 7.32. The van der Waals surface area contributed by atoms with Crippen molar-refractivity contribution in [1.82, 2.24) is 20.0 Å². The highest BCUT2D eigenvalue weighted by Gasteiger charge is 2.30. The van der Waals surface area contributed by atoms with Gasteiger partial charge in [-0.1, -0.05) is 0 Å². The van der Waals surface area contributed by atoms with Gasteiger partial charge < -0.3 is 16.0 Å². The molecule has 0 aliphatic carbocycles. The van der Waals surface area contributed by atoms with E-state index in [2.05, 4.69) is 10.4 Å². The molecule has 0 radical (unpaired) electrons. The molecule has 0 bridgehead atoms. The van der Waals surface area contributed by atoms with Gasteiger partial charge >= 0.3 is 0 Å². The van der Waals surface area contributed by atoms with E-state index in [1.807, 2.05) is 19.9 Å². The molecule has 1 atom stereocenters. The Bertz CT molecular complexity index is 496. The number of hydrogen-bond donors (Lipinski definition) is 2. The van der Waals surface area contributed by atoms with Crippen LogP contribution in [-0.2, 0) is 16.1 Å². The standard InChI is InChI=1S/C12H19N5O2/c1-8-5-9(2)17(15-8)7-11(18)16-4-3-14-6-10(16)12(13)19/h5,10,14H,3-4,6-7H2,1-2H3,(H2,13,19). The number of primary amides is 1. The van der Waals surface area contributed by atoms with E-state index in [0.717, 1.165) is 11.4 Å². The SMILES string of the molecule is Cc1cc(C)n(CC(=O)N2CCNCC2C(N)=O)n1. The lowest BCUT2D eigenvalue weighted by Crippen LogP contribution is -2.59. The molecule has 0 saturated carbocycles. The van der Waals surface area contributed by atoms with Crippen molar-refractivity contribution >= 4 is 11.8 Å². The number of aromatic nitrogens is 2. The molecule has 2 heterocycles. The number of rotatable bonds is 3. The Morgan fingerprint density at radius 1 is 1.53 bits per heavy atom. The van der Waals surface area contributed by atoms with Gasteiger partial charge in [0.05, 0.1) is 5.69 Å². The Morgan fingerprint density at radius 2 is 2.26 bits per heavy atom. The number of nitrogens with two attached hydrogens (primary N) is 1. The summed E-state index contributed by atoms with van der Waals surface area (Å²) in [6.45, 7) is 5.50. The summed E-state index contributed by atoms with van der Waals surface area (Å²) in [5.41, 5.74) is 7.13. The van der Waals surface area contributed by atoms with Gasteiger partial charge in [-0.2, -0.15) is 5.10 Å². The van der Waals surface area contributed by atoms with E-state index in [9.17, 15) is 9.59 Å². The van der Waals surface area contributed by atoms with Crippen LogP contribution in [-0.4, -0.2) is 52.2 Å². The van der Waals surface area contributed by atoms with Crippen LogP contribution in [0, 0.1) is 13.8 Å². The summed E-state index contributed by atoms with van der Waals surface area (Å²) in [6.07, 6.45) is 0. The van der Waals surface area contributed by atoms with Gasteiger partial charge in [0, 0.05) is 25.3 Å². The topological polar surface area (TPSA) is 93.3 Å². The van der Waals surface area contributed by atoms with E-state index < -0.39 is 11.9 Å². The average molecular weight is 265 g/mol. The van der Waals surface area contributed by atoms with Crippen LogP contribution < -0.4 is 11.1 Å². The molecule has 0 spiro atoms. The Morgan fingerprint density at radius 3 is 2.84 bits per heavy atom. The fraction of sp³-hybridized carbons (Fsp3) is 0.583. The summed E-state index contributed by atoms with van der Waals surface area (Å²) < 4.78 is 1.65. The number of carbonyl (C=O) groups is 2. The van der Waals surface area contributed by atoms with Crippen LogP contribution in [0.4, 0.5) is 0 Å². The lowest BCUT2D eigenvalue weighted by molar-refractivity contribution is -0.141. The molecule has 2 amide bonds. The van der Waals surface area contributed by atoms with E-state index in [-0.39, 0.29) is 12.5 Å². The minimum atomic E-state index is -0.571. The molecule has 0 aromatic carbocycles. The van der Waals surface area contributed by atoms with Crippen molar-refractivity contribution in [3.63, 3.8) is 0 Å². The third kappa shape index (κ3) is 2.93. The second kappa shape index (κ2) is 5.40. The van der Waals surface area contributed by atoms with Gasteiger partial charge in [-0.05, 0) is 19.9 Å². The van der Waals surface area contributed by atoms with Crippen molar-refractivity contribution in [3.05, 3.63) is 17.5 Å². The lowest BCUT2D eigenvalue weighted by Gasteiger charge is -2.34. The molecule has 1 aromatic heterocycles. The number of piperazine rings is 1. The highest BCUT2D eigenvalue weighted by atomic mass is 16.2. The molecule has 104 valence electrons. The maximum Gasteiger partial charge on any atom is 0.245 e. The molecule has 1 aromatic rings. The van der Waals surface area contributed by atoms with E-state index >= 15 is 0 Å². The zero-order valence-electron chi connectivity index (χ0n) is 11.2. The molecule has 1 saturated heterocycles.